The molecule has 0 aliphatic carbocycles. The van der Waals surface area contributed by atoms with Gasteiger partial charge in [0, 0.05) is 18.3 Å². The molecule has 0 fully saturated rings. The van der Waals surface area contributed by atoms with Crippen LogP contribution in [0.15, 0.2) is 29.6 Å². The van der Waals surface area contributed by atoms with E-state index in [0.29, 0.717) is 30.8 Å². The molecular formula is C18H25ClFN3O2S. The Morgan fingerprint density at radius 3 is 2.54 bits per heavy atom. The van der Waals surface area contributed by atoms with Gasteiger partial charge in [0.25, 0.3) is 5.91 Å². The van der Waals surface area contributed by atoms with Crippen molar-refractivity contribution in [2.24, 2.45) is 11.7 Å². The van der Waals surface area contributed by atoms with Gasteiger partial charge in [0.1, 0.15) is 11.5 Å². The molecule has 26 heavy (non-hydrogen) atoms. The maximum Gasteiger partial charge on any atom is 0.273 e. The quantitative estimate of drug-likeness (QED) is 0.712. The van der Waals surface area contributed by atoms with Gasteiger partial charge in [-0.3, -0.25) is 4.79 Å². The van der Waals surface area contributed by atoms with Crippen molar-refractivity contribution in [2.45, 2.75) is 26.4 Å². The molecule has 0 spiro atoms. The third-order valence-electron chi connectivity index (χ3n) is 3.65. The smallest absolute Gasteiger partial charge is 0.273 e. The molecule has 0 bridgehead atoms. The first-order valence-corrected chi connectivity index (χ1v) is 9.16. The Bertz CT molecular complexity index is 694. The maximum absolute atomic E-state index is 13.0. The van der Waals surface area contributed by atoms with Gasteiger partial charge in [-0.05, 0) is 30.2 Å². The van der Waals surface area contributed by atoms with E-state index in [1.807, 2.05) is 13.8 Å². The van der Waals surface area contributed by atoms with Crippen molar-refractivity contribution in [2.75, 3.05) is 19.6 Å². The van der Waals surface area contributed by atoms with E-state index in [-0.39, 0.29) is 36.6 Å². The number of thiazole rings is 1. The Morgan fingerprint density at radius 2 is 1.96 bits per heavy atom. The molecule has 1 heterocycles. The lowest BCUT2D eigenvalue weighted by Crippen LogP contribution is -2.37. The standard InChI is InChI=1S/C18H24FN3O2S.ClH/c1-12(2)9-22(10-16(23)13-3-5-14(19)6-4-13)18(24)15-11-25-17(21-15)7-8-20;/h3-6,11-12,16,23H,7-10,20H2,1-2H3;1H. The third-order valence-corrected chi connectivity index (χ3v) is 4.56. The van der Waals surface area contributed by atoms with Crippen LogP contribution in [-0.2, 0) is 6.42 Å². The van der Waals surface area contributed by atoms with Crippen LogP contribution in [0.1, 0.15) is 41.0 Å². The molecule has 2 rings (SSSR count). The zero-order valence-electron chi connectivity index (χ0n) is 14.9. The van der Waals surface area contributed by atoms with Gasteiger partial charge in [0.05, 0.1) is 17.7 Å². The molecule has 5 nitrogen and oxygen atoms in total. The zero-order chi connectivity index (χ0) is 18.4. The number of carbonyl (C=O) groups excluding carboxylic acids is 1. The number of aliphatic hydroxyl groups excluding tert-OH is 1. The highest BCUT2D eigenvalue weighted by Crippen LogP contribution is 2.19. The molecule has 0 radical (unpaired) electrons. The van der Waals surface area contributed by atoms with Crippen LogP contribution < -0.4 is 5.73 Å². The summed E-state index contributed by atoms with van der Waals surface area (Å²) < 4.78 is 13.0. The van der Waals surface area contributed by atoms with Gasteiger partial charge in [0.15, 0.2) is 0 Å². The second kappa shape index (κ2) is 10.6. The fraction of sp³-hybridized carbons (Fsp3) is 0.444. The molecule has 8 heteroatoms. The van der Waals surface area contributed by atoms with Crippen LogP contribution in [-0.4, -0.2) is 40.5 Å². The van der Waals surface area contributed by atoms with Crippen LogP contribution >= 0.6 is 23.7 Å². The highest BCUT2D eigenvalue weighted by atomic mass is 35.5. The SMILES string of the molecule is CC(C)CN(CC(O)c1ccc(F)cc1)C(=O)c1csc(CCN)n1.Cl. The van der Waals surface area contributed by atoms with E-state index in [9.17, 15) is 14.3 Å². The Kier molecular flexibility index (Phi) is 9.15. The van der Waals surface area contributed by atoms with Crippen LogP contribution in [0.2, 0.25) is 0 Å². The molecule has 2 aromatic rings. The largest absolute Gasteiger partial charge is 0.387 e. The molecule has 0 aliphatic rings. The third kappa shape index (κ3) is 6.32. The monoisotopic (exact) mass is 401 g/mol. The van der Waals surface area contributed by atoms with Crippen molar-refractivity contribution in [1.29, 1.82) is 0 Å². The summed E-state index contributed by atoms with van der Waals surface area (Å²) in [6, 6.07) is 5.65. The second-order valence-corrected chi connectivity index (χ2v) is 7.28. The van der Waals surface area contributed by atoms with Crippen molar-refractivity contribution in [3.8, 4) is 0 Å². The summed E-state index contributed by atoms with van der Waals surface area (Å²) in [6.07, 6.45) is -0.245. The lowest BCUT2D eigenvalue weighted by Gasteiger charge is -2.26. The fourth-order valence-corrected chi connectivity index (χ4v) is 3.28. The lowest BCUT2D eigenvalue weighted by molar-refractivity contribution is 0.0589. The molecule has 1 atom stereocenters. The summed E-state index contributed by atoms with van der Waals surface area (Å²) in [5, 5.41) is 13.0. The van der Waals surface area contributed by atoms with Gasteiger partial charge >= 0.3 is 0 Å². The first-order valence-electron chi connectivity index (χ1n) is 8.28. The van der Waals surface area contributed by atoms with Gasteiger partial charge in [-0.25, -0.2) is 9.37 Å². The lowest BCUT2D eigenvalue weighted by atomic mass is 10.1. The van der Waals surface area contributed by atoms with Crippen molar-refractivity contribution < 1.29 is 14.3 Å². The number of carbonyl (C=O) groups is 1. The minimum atomic E-state index is -0.884. The molecule has 1 aromatic heterocycles. The molecule has 1 amide bonds. The van der Waals surface area contributed by atoms with Gasteiger partial charge in [-0.2, -0.15) is 0 Å². The molecule has 3 N–H and O–H groups in total. The van der Waals surface area contributed by atoms with Crippen LogP contribution in [0.3, 0.4) is 0 Å². The van der Waals surface area contributed by atoms with Crippen LogP contribution in [0.5, 0.6) is 0 Å². The van der Waals surface area contributed by atoms with Crippen molar-refractivity contribution in [1.82, 2.24) is 9.88 Å². The highest BCUT2D eigenvalue weighted by molar-refractivity contribution is 7.09. The summed E-state index contributed by atoms with van der Waals surface area (Å²) in [5.41, 5.74) is 6.47. The van der Waals surface area contributed by atoms with Crippen LogP contribution in [0, 0.1) is 11.7 Å². The van der Waals surface area contributed by atoms with Crippen LogP contribution in [0.25, 0.3) is 0 Å². The van der Waals surface area contributed by atoms with E-state index in [1.54, 1.807) is 10.3 Å². The van der Waals surface area contributed by atoms with E-state index >= 15 is 0 Å². The Balaban J connectivity index is 0.00000338. The molecule has 0 saturated heterocycles. The predicted molar refractivity (Wildman–Crippen MR) is 104 cm³/mol. The molecule has 0 saturated carbocycles. The Morgan fingerprint density at radius 1 is 1.31 bits per heavy atom. The van der Waals surface area contributed by atoms with Gasteiger partial charge in [0.2, 0.25) is 0 Å². The summed E-state index contributed by atoms with van der Waals surface area (Å²) in [6.45, 7) is 5.13. The Labute approximate surface area is 163 Å². The minimum absolute atomic E-state index is 0. The first kappa shape index (κ1) is 22.5. The van der Waals surface area contributed by atoms with Crippen molar-refractivity contribution >= 4 is 29.7 Å². The molecular weight excluding hydrogens is 377 g/mol. The number of hydrogen-bond donors (Lipinski definition) is 2. The molecule has 144 valence electrons. The van der Waals surface area contributed by atoms with E-state index in [4.69, 9.17) is 5.73 Å². The highest BCUT2D eigenvalue weighted by Gasteiger charge is 2.23. The van der Waals surface area contributed by atoms with E-state index in [0.717, 1.165) is 5.01 Å². The number of benzene rings is 1. The zero-order valence-corrected chi connectivity index (χ0v) is 16.5. The van der Waals surface area contributed by atoms with E-state index in [2.05, 4.69) is 4.98 Å². The molecule has 1 aromatic carbocycles. The number of aromatic nitrogens is 1. The number of nitrogens with two attached hydrogens (primary N) is 1. The van der Waals surface area contributed by atoms with E-state index in [1.165, 1.54) is 35.6 Å². The summed E-state index contributed by atoms with van der Waals surface area (Å²) >= 11 is 1.41. The minimum Gasteiger partial charge on any atom is -0.387 e. The molecule has 0 aliphatic heterocycles. The maximum atomic E-state index is 13.0. The number of rotatable bonds is 8. The number of aliphatic hydroxyl groups is 1. The topological polar surface area (TPSA) is 79.5 Å². The van der Waals surface area contributed by atoms with Crippen molar-refractivity contribution in [3.63, 3.8) is 0 Å². The van der Waals surface area contributed by atoms with Gasteiger partial charge < -0.3 is 15.7 Å². The first-order chi connectivity index (χ1) is 11.9. The number of nitrogens with zero attached hydrogens (tertiary/aromatic N) is 2. The molecule has 1 unspecified atom stereocenters. The normalized spacial score (nSPS) is 11.9. The fourth-order valence-electron chi connectivity index (χ4n) is 2.49. The average molecular weight is 402 g/mol. The van der Waals surface area contributed by atoms with Gasteiger partial charge in [-0.1, -0.05) is 26.0 Å². The van der Waals surface area contributed by atoms with Crippen LogP contribution in [0.4, 0.5) is 4.39 Å². The average Bonchev–Trinajstić information content (AvgIpc) is 3.02. The predicted octanol–water partition coefficient (Wildman–Crippen LogP) is 3.04. The second-order valence-electron chi connectivity index (χ2n) is 6.34. The number of amides is 1. The number of halogens is 2. The van der Waals surface area contributed by atoms with E-state index < -0.39 is 6.10 Å². The Hall–Kier alpha value is -1.54. The summed E-state index contributed by atoms with van der Waals surface area (Å²) in [4.78, 5) is 18.7. The summed E-state index contributed by atoms with van der Waals surface area (Å²) in [5.74, 6) is -0.332. The summed E-state index contributed by atoms with van der Waals surface area (Å²) in [7, 11) is 0. The number of hydrogen-bond acceptors (Lipinski definition) is 5. The van der Waals surface area contributed by atoms with Gasteiger partial charge in [-0.15, -0.1) is 23.7 Å². The van der Waals surface area contributed by atoms with Crippen molar-refractivity contribution in [3.05, 3.63) is 51.7 Å².